The zero-order chi connectivity index (χ0) is 23.4. The molecule has 0 amide bonds. The second kappa shape index (κ2) is 19.4. The van der Waals surface area contributed by atoms with Gasteiger partial charge < -0.3 is 9.47 Å². The molecular weight excluding hydrogens is 400 g/mol. The zero-order valence-electron chi connectivity index (χ0n) is 21.5. The standard InChI is InChI=1S/C28H52O4/c1-4-5-6-7-12-15-22-31-27(29)25-18-20-26(21-19-25)28(30)32-23-16-13-10-8-9-11-14-17-24(2)3/h24-26H,4-23H2,1-3H3. The van der Waals surface area contributed by atoms with E-state index in [4.69, 9.17) is 9.47 Å². The van der Waals surface area contributed by atoms with E-state index in [0.29, 0.717) is 13.2 Å². The quantitative estimate of drug-likeness (QED) is 0.147. The van der Waals surface area contributed by atoms with Gasteiger partial charge in [0.1, 0.15) is 0 Å². The molecule has 188 valence electrons. The van der Waals surface area contributed by atoms with Crippen LogP contribution in [0.2, 0.25) is 0 Å². The molecule has 0 heterocycles. The van der Waals surface area contributed by atoms with Gasteiger partial charge in [-0.1, -0.05) is 97.8 Å². The Morgan fingerprint density at radius 1 is 0.625 bits per heavy atom. The van der Waals surface area contributed by atoms with Gasteiger partial charge in [0.25, 0.3) is 0 Å². The molecule has 0 bridgehead atoms. The van der Waals surface area contributed by atoms with Crippen LogP contribution < -0.4 is 0 Å². The van der Waals surface area contributed by atoms with E-state index in [0.717, 1.165) is 57.3 Å². The fraction of sp³-hybridized carbons (Fsp3) is 0.929. The fourth-order valence-corrected chi connectivity index (χ4v) is 4.57. The predicted octanol–water partition coefficient (Wildman–Crippen LogP) is 8.02. The smallest absolute Gasteiger partial charge is 0.308 e. The molecule has 0 saturated heterocycles. The van der Waals surface area contributed by atoms with E-state index in [2.05, 4.69) is 20.8 Å². The summed E-state index contributed by atoms with van der Waals surface area (Å²) in [6.45, 7) is 7.89. The molecule has 0 aromatic heterocycles. The minimum absolute atomic E-state index is 0.0281. The largest absolute Gasteiger partial charge is 0.465 e. The van der Waals surface area contributed by atoms with Crippen LogP contribution in [0, 0.1) is 17.8 Å². The highest BCUT2D eigenvalue weighted by Gasteiger charge is 2.31. The minimum Gasteiger partial charge on any atom is -0.465 e. The molecule has 1 fully saturated rings. The highest BCUT2D eigenvalue weighted by Crippen LogP contribution is 2.30. The maximum atomic E-state index is 12.3. The Kier molecular flexibility index (Phi) is 17.6. The van der Waals surface area contributed by atoms with Gasteiger partial charge in [0.2, 0.25) is 0 Å². The predicted molar refractivity (Wildman–Crippen MR) is 133 cm³/mol. The average molecular weight is 453 g/mol. The summed E-state index contributed by atoms with van der Waals surface area (Å²) in [5, 5.41) is 0. The number of rotatable bonds is 19. The Morgan fingerprint density at radius 2 is 1.00 bits per heavy atom. The van der Waals surface area contributed by atoms with Gasteiger partial charge in [-0.25, -0.2) is 0 Å². The Bertz CT molecular complexity index is 466. The summed E-state index contributed by atoms with van der Waals surface area (Å²) in [6, 6.07) is 0. The van der Waals surface area contributed by atoms with Crippen molar-refractivity contribution in [3.8, 4) is 0 Å². The fourth-order valence-electron chi connectivity index (χ4n) is 4.57. The summed E-state index contributed by atoms with van der Waals surface area (Å²) in [4.78, 5) is 24.6. The second-order valence-electron chi connectivity index (χ2n) is 10.3. The summed E-state index contributed by atoms with van der Waals surface area (Å²) in [5.74, 6) is 0.647. The van der Waals surface area contributed by atoms with Crippen LogP contribution in [0.3, 0.4) is 0 Å². The monoisotopic (exact) mass is 452 g/mol. The molecule has 1 aliphatic carbocycles. The van der Waals surface area contributed by atoms with Crippen LogP contribution in [0.5, 0.6) is 0 Å². The van der Waals surface area contributed by atoms with Crippen LogP contribution in [0.4, 0.5) is 0 Å². The molecule has 0 atom stereocenters. The molecule has 1 rings (SSSR count). The maximum Gasteiger partial charge on any atom is 0.308 e. The number of hydrogen-bond donors (Lipinski definition) is 0. The maximum absolute atomic E-state index is 12.3. The number of carbonyl (C=O) groups is 2. The molecule has 0 aromatic rings. The van der Waals surface area contributed by atoms with Crippen LogP contribution in [0.15, 0.2) is 0 Å². The third kappa shape index (κ3) is 14.9. The van der Waals surface area contributed by atoms with Crippen molar-refractivity contribution >= 4 is 11.9 Å². The summed E-state index contributed by atoms with van der Waals surface area (Å²) >= 11 is 0. The molecule has 0 spiro atoms. The van der Waals surface area contributed by atoms with Crippen molar-refractivity contribution in [2.45, 2.75) is 136 Å². The Morgan fingerprint density at radius 3 is 1.41 bits per heavy atom. The third-order valence-corrected chi connectivity index (χ3v) is 6.81. The molecule has 0 N–H and O–H groups in total. The van der Waals surface area contributed by atoms with Crippen LogP contribution in [0.1, 0.15) is 136 Å². The highest BCUT2D eigenvalue weighted by atomic mass is 16.5. The van der Waals surface area contributed by atoms with E-state index in [1.807, 2.05) is 0 Å². The molecular formula is C28H52O4. The number of ether oxygens (including phenoxy) is 2. The number of hydrogen-bond acceptors (Lipinski definition) is 4. The number of carbonyl (C=O) groups excluding carboxylic acids is 2. The Hall–Kier alpha value is -1.06. The first-order chi connectivity index (χ1) is 15.5. The van der Waals surface area contributed by atoms with E-state index in [1.54, 1.807) is 0 Å². The van der Waals surface area contributed by atoms with Crippen LogP contribution in [-0.2, 0) is 19.1 Å². The summed E-state index contributed by atoms with van der Waals surface area (Å²) in [6.07, 6.45) is 20.2. The van der Waals surface area contributed by atoms with Gasteiger partial charge in [-0.05, 0) is 44.4 Å². The average Bonchev–Trinajstić information content (AvgIpc) is 2.79. The molecule has 32 heavy (non-hydrogen) atoms. The van der Waals surface area contributed by atoms with Crippen molar-refractivity contribution in [2.24, 2.45) is 17.8 Å². The van der Waals surface area contributed by atoms with Crippen molar-refractivity contribution in [2.75, 3.05) is 13.2 Å². The molecule has 0 unspecified atom stereocenters. The minimum atomic E-state index is -0.0606. The molecule has 0 aliphatic heterocycles. The van der Waals surface area contributed by atoms with E-state index in [-0.39, 0.29) is 23.8 Å². The van der Waals surface area contributed by atoms with Gasteiger partial charge >= 0.3 is 11.9 Å². The van der Waals surface area contributed by atoms with Crippen molar-refractivity contribution in [3.63, 3.8) is 0 Å². The van der Waals surface area contributed by atoms with E-state index < -0.39 is 0 Å². The first-order valence-corrected chi connectivity index (χ1v) is 13.9. The molecule has 4 nitrogen and oxygen atoms in total. The van der Waals surface area contributed by atoms with Gasteiger partial charge in [0.15, 0.2) is 0 Å². The van der Waals surface area contributed by atoms with Gasteiger partial charge in [0.05, 0.1) is 25.0 Å². The van der Waals surface area contributed by atoms with E-state index in [1.165, 1.54) is 64.2 Å². The van der Waals surface area contributed by atoms with Crippen molar-refractivity contribution in [1.82, 2.24) is 0 Å². The molecule has 4 heteroatoms. The zero-order valence-corrected chi connectivity index (χ0v) is 21.5. The van der Waals surface area contributed by atoms with Gasteiger partial charge in [-0.3, -0.25) is 9.59 Å². The summed E-state index contributed by atoms with van der Waals surface area (Å²) in [5.41, 5.74) is 0. The van der Waals surface area contributed by atoms with Gasteiger partial charge in [-0.15, -0.1) is 0 Å². The van der Waals surface area contributed by atoms with Gasteiger partial charge in [-0.2, -0.15) is 0 Å². The van der Waals surface area contributed by atoms with Crippen LogP contribution >= 0.6 is 0 Å². The summed E-state index contributed by atoms with van der Waals surface area (Å²) in [7, 11) is 0. The first-order valence-electron chi connectivity index (χ1n) is 13.9. The normalized spacial score (nSPS) is 18.6. The second-order valence-corrected chi connectivity index (χ2v) is 10.3. The lowest BCUT2D eigenvalue weighted by atomic mass is 9.82. The lowest BCUT2D eigenvalue weighted by Crippen LogP contribution is -2.28. The van der Waals surface area contributed by atoms with Crippen molar-refractivity contribution in [3.05, 3.63) is 0 Å². The highest BCUT2D eigenvalue weighted by molar-refractivity contribution is 5.75. The van der Waals surface area contributed by atoms with Crippen LogP contribution in [-0.4, -0.2) is 25.2 Å². The topological polar surface area (TPSA) is 52.6 Å². The first kappa shape index (κ1) is 29.0. The lowest BCUT2D eigenvalue weighted by molar-refractivity contribution is -0.155. The van der Waals surface area contributed by atoms with Gasteiger partial charge in [0, 0.05) is 0 Å². The number of esters is 2. The molecule has 1 saturated carbocycles. The molecule has 0 radical (unpaired) electrons. The van der Waals surface area contributed by atoms with Crippen molar-refractivity contribution in [1.29, 1.82) is 0 Å². The molecule has 1 aliphatic rings. The summed E-state index contributed by atoms with van der Waals surface area (Å²) < 4.78 is 11.0. The Balaban J connectivity index is 1.97. The third-order valence-electron chi connectivity index (χ3n) is 6.81. The number of unbranched alkanes of at least 4 members (excludes halogenated alkanes) is 11. The molecule has 0 aromatic carbocycles. The van der Waals surface area contributed by atoms with E-state index >= 15 is 0 Å². The SMILES string of the molecule is CCCCCCCCOC(=O)C1CCC(C(=O)OCCCCCCCCCC(C)C)CC1. The van der Waals surface area contributed by atoms with E-state index in [9.17, 15) is 9.59 Å². The Labute approximate surface area is 198 Å². The lowest BCUT2D eigenvalue weighted by Gasteiger charge is -2.26. The van der Waals surface area contributed by atoms with Crippen LogP contribution in [0.25, 0.3) is 0 Å². The van der Waals surface area contributed by atoms with Crippen molar-refractivity contribution < 1.29 is 19.1 Å².